The molecule has 9 heteroatoms. The first kappa shape index (κ1) is 19.2. The largest absolute Gasteiger partial charge is 0.451 e. The molecule has 1 fully saturated rings. The van der Waals surface area contributed by atoms with E-state index < -0.39 is 12.0 Å². The fraction of sp³-hybridized carbons (Fsp3) is 0.500. The van der Waals surface area contributed by atoms with Gasteiger partial charge >= 0.3 is 12.2 Å². The lowest BCUT2D eigenvalue weighted by Gasteiger charge is -2.25. The zero-order chi connectivity index (χ0) is 19.6. The number of para-hydroxylation sites is 1. The Kier molecular flexibility index (Phi) is 5.38. The Bertz CT molecular complexity index is 824. The average molecular weight is 381 g/mol. The van der Waals surface area contributed by atoms with Crippen LogP contribution in [0, 0.1) is 0 Å². The van der Waals surface area contributed by atoms with Gasteiger partial charge in [0.05, 0.1) is 5.52 Å². The Balaban J connectivity index is 1.90. The SMILES string of the molecule is CC(C)NC(=O)N1CCCN(c2nc(C(F)(F)F)nc3ccccc23)CC1. The van der Waals surface area contributed by atoms with Crippen molar-refractivity contribution in [2.75, 3.05) is 31.1 Å². The molecule has 1 N–H and O–H groups in total. The molecule has 1 saturated heterocycles. The maximum atomic E-state index is 13.2. The predicted molar refractivity (Wildman–Crippen MR) is 96.6 cm³/mol. The lowest BCUT2D eigenvalue weighted by molar-refractivity contribution is -0.144. The average Bonchev–Trinajstić information content (AvgIpc) is 2.85. The first-order valence-electron chi connectivity index (χ1n) is 8.90. The number of nitrogens with one attached hydrogen (secondary N) is 1. The molecule has 2 amide bonds. The fourth-order valence-corrected chi connectivity index (χ4v) is 3.10. The lowest BCUT2D eigenvalue weighted by Crippen LogP contribution is -2.44. The summed E-state index contributed by atoms with van der Waals surface area (Å²) in [7, 11) is 0. The van der Waals surface area contributed by atoms with E-state index in [1.54, 1.807) is 29.2 Å². The number of rotatable bonds is 2. The quantitative estimate of drug-likeness (QED) is 0.867. The van der Waals surface area contributed by atoms with Crippen molar-refractivity contribution in [3.8, 4) is 0 Å². The van der Waals surface area contributed by atoms with E-state index in [1.807, 2.05) is 18.7 Å². The van der Waals surface area contributed by atoms with E-state index in [0.717, 1.165) is 0 Å². The zero-order valence-electron chi connectivity index (χ0n) is 15.3. The Hall–Kier alpha value is -2.58. The van der Waals surface area contributed by atoms with Crippen molar-refractivity contribution in [3.05, 3.63) is 30.1 Å². The second-order valence-corrected chi connectivity index (χ2v) is 6.82. The molecule has 1 aromatic carbocycles. The predicted octanol–water partition coefficient (Wildman–Crippen LogP) is 3.28. The van der Waals surface area contributed by atoms with Crippen LogP contribution >= 0.6 is 0 Å². The molecule has 0 spiro atoms. The van der Waals surface area contributed by atoms with Gasteiger partial charge in [0, 0.05) is 37.6 Å². The smallest absolute Gasteiger partial charge is 0.354 e. The summed E-state index contributed by atoms with van der Waals surface area (Å²) in [5.74, 6) is -0.881. The fourth-order valence-electron chi connectivity index (χ4n) is 3.10. The van der Waals surface area contributed by atoms with Crippen LogP contribution in [-0.4, -0.2) is 53.1 Å². The van der Waals surface area contributed by atoms with Crippen molar-refractivity contribution in [1.82, 2.24) is 20.2 Å². The molecule has 27 heavy (non-hydrogen) atoms. The number of aromatic nitrogens is 2. The number of amides is 2. The number of hydrogen-bond acceptors (Lipinski definition) is 4. The van der Waals surface area contributed by atoms with Crippen LogP contribution in [-0.2, 0) is 6.18 Å². The highest BCUT2D eigenvalue weighted by Gasteiger charge is 2.36. The second kappa shape index (κ2) is 7.58. The topological polar surface area (TPSA) is 61.4 Å². The normalized spacial score (nSPS) is 15.9. The summed E-state index contributed by atoms with van der Waals surface area (Å²) >= 11 is 0. The number of benzene rings is 1. The second-order valence-electron chi connectivity index (χ2n) is 6.82. The van der Waals surface area contributed by atoms with Crippen LogP contribution < -0.4 is 10.2 Å². The third-order valence-corrected chi connectivity index (χ3v) is 4.33. The molecule has 0 bridgehead atoms. The van der Waals surface area contributed by atoms with Crippen LogP contribution in [0.5, 0.6) is 0 Å². The van der Waals surface area contributed by atoms with Crippen molar-refractivity contribution in [2.24, 2.45) is 0 Å². The molecule has 0 atom stereocenters. The van der Waals surface area contributed by atoms with Crippen LogP contribution in [0.4, 0.5) is 23.8 Å². The van der Waals surface area contributed by atoms with E-state index in [1.165, 1.54) is 0 Å². The first-order chi connectivity index (χ1) is 12.8. The zero-order valence-corrected chi connectivity index (χ0v) is 15.3. The molecule has 6 nitrogen and oxygen atoms in total. The van der Waals surface area contributed by atoms with E-state index >= 15 is 0 Å². The van der Waals surface area contributed by atoms with Gasteiger partial charge in [-0.3, -0.25) is 0 Å². The van der Waals surface area contributed by atoms with Gasteiger partial charge in [0.15, 0.2) is 0 Å². The maximum absolute atomic E-state index is 13.2. The van der Waals surface area contributed by atoms with Crippen LogP contribution in [0.15, 0.2) is 24.3 Å². The highest BCUT2D eigenvalue weighted by Crippen LogP contribution is 2.32. The highest BCUT2D eigenvalue weighted by atomic mass is 19.4. The molecular formula is C18H22F3N5O. The van der Waals surface area contributed by atoms with Crippen molar-refractivity contribution in [1.29, 1.82) is 0 Å². The number of carbonyl (C=O) groups excluding carboxylic acids is 1. The minimum atomic E-state index is -4.62. The molecular weight excluding hydrogens is 359 g/mol. The Morgan fingerprint density at radius 2 is 1.85 bits per heavy atom. The Morgan fingerprint density at radius 3 is 2.56 bits per heavy atom. The third-order valence-electron chi connectivity index (χ3n) is 4.33. The first-order valence-corrected chi connectivity index (χ1v) is 8.90. The van der Waals surface area contributed by atoms with Crippen molar-refractivity contribution in [3.63, 3.8) is 0 Å². The number of halogens is 3. The summed E-state index contributed by atoms with van der Waals surface area (Å²) < 4.78 is 39.7. The summed E-state index contributed by atoms with van der Waals surface area (Å²) in [6, 6.07) is 6.55. The number of anilines is 1. The van der Waals surface area contributed by atoms with Gasteiger partial charge in [-0.05, 0) is 32.4 Å². The van der Waals surface area contributed by atoms with Gasteiger partial charge in [0.2, 0.25) is 5.82 Å². The van der Waals surface area contributed by atoms with Crippen LogP contribution in [0.1, 0.15) is 26.1 Å². The molecule has 2 aromatic rings. The van der Waals surface area contributed by atoms with E-state index in [9.17, 15) is 18.0 Å². The summed E-state index contributed by atoms with van der Waals surface area (Å²) in [4.78, 5) is 23.2. The van der Waals surface area contributed by atoms with Crippen molar-refractivity contribution < 1.29 is 18.0 Å². The van der Waals surface area contributed by atoms with Crippen LogP contribution in [0.2, 0.25) is 0 Å². The molecule has 146 valence electrons. The summed E-state index contributed by atoms with van der Waals surface area (Å²) in [5.41, 5.74) is 0.258. The van der Waals surface area contributed by atoms with E-state index in [-0.39, 0.29) is 23.4 Å². The van der Waals surface area contributed by atoms with Crippen molar-refractivity contribution >= 4 is 22.8 Å². The number of nitrogens with zero attached hydrogens (tertiary/aromatic N) is 4. The lowest BCUT2D eigenvalue weighted by atomic mass is 10.2. The van der Waals surface area contributed by atoms with Crippen LogP contribution in [0.25, 0.3) is 10.9 Å². The maximum Gasteiger partial charge on any atom is 0.451 e. The molecule has 3 rings (SSSR count). The van der Waals surface area contributed by atoms with Crippen molar-refractivity contribution in [2.45, 2.75) is 32.5 Å². The molecule has 0 aliphatic carbocycles. The standard InChI is InChI=1S/C18H22F3N5O/c1-12(2)22-17(27)26-9-5-8-25(10-11-26)15-13-6-3-4-7-14(13)23-16(24-15)18(19,20)21/h3-4,6-7,12H,5,8-11H2,1-2H3,(H,22,27). The molecule has 0 saturated carbocycles. The minimum absolute atomic E-state index is 0.0250. The van der Waals surface area contributed by atoms with Gasteiger partial charge in [-0.15, -0.1) is 0 Å². The summed E-state index contributed by atoms with van der Waals surface area (Å²) in [6.45, 7) is 5.65. The van der Waals surface area contributed by atoms with Crippen LogP contribution in [0.3, 0.4) is 0 Å². The van der Waals surface area contributed by atoms with E-state index in [2.05, 4.69) is 15.3 Å². The van der Waals surface area contributed by atoms with Gasteiger partial charge in [-0.2, -0.15) is 13.2 Å². The molecule has 0 unspecified atom stereocenters. The van der Waals surface area contributed by atoms with Gasteiger partial charge in [-0.25, -0.2) is 14.8 Å². The number of urea groups is 1. The Morgan fingerprint density at radius 1 is 1.11 bits per heavy atom. The molecule has 0 radical (unpaired) electrons. The monoisotopic (exact) mass is 381 g/mol. The summed E-state index contributed by atoms with van der Waals surface area (Å²) in [5, 5.41) is 3.42. The molecule has 1 aliphatic rings. The number of alkyl halides is 3. The van der Waals surface area contributed by atoms with Gasteiger partial charge < -0.3 is 15.1 Å². The third kappa shape index (κ3) is 4.40. The molecule has 1 aliphatic heterocycles. The number of carbonyl (C=O) groups is 1. The Labute approximate surface area is 155 Å². The molecule has 1 aromatic heterocycles. The van der Waals surface area contributed by atoms with Gasteiger partial charge in [0.1, 0.15) is 5.82 Å². The highest BCUT2D eigenvalue weighted by molar-refractivity contribution is 5.89. The van der Waals surface area contributed by atoms with Gasteiger partial charge in [0.25, 0.3) is 0 Å². The number of hydrogen-bond donors (Lipinski definition) is 1. The van der Waals surface area contributed by atoms with E-state index in [4.69, 9.17) is 0 Å². The molecule has 2 heterocycles. The summed E-state index contributed by atoms with van der Waals surface area (Å²) in [6.07, 6.45) is -3.97. The minimum Gasteiger partial charge on any atom is -0.354 e. The van der Waals surface area contributed by atoms with Gasteiger partial charge in [-0.1, -0.05) is 12.1 Å². The van der Waals surface area contributed by atoms with E-state index in [0.29, 0.717) is 38.0 Å². The number of fused-ring (bicyclic) bond motifs is 1.